The van der Waals surface area contributed by atoms with E-state index in [1.807, 2.05) is 11.8 Å². The van der Waals surface area contributed by atoms with E-state index in [-0.39, 0.29) is 9.49 Å². The molecule has 0 spiro atoms. The molecule has 2 heteroatoms. The van der Waals surface area contributed by atoms with Crippen LogP contribution in [0, 0.1) is 17.2 Å². The average molecular weight is 183 g/mol. The number of rotatable bonds is 2. The predicted octanol–water partition coefficient (Wildman–Crippen LogP) is 3.21. The Balaban J connectivity index is 2.57. The van der Waals surface area contributed by atoms with Crippen LogP contribution in [0.5, 0.6) is 0 Å². The van der Waals surface area contributed by atoms with E-state index < -0.39 is 0 Å². The summed E-state index contributed by atoms with van der Waals surface area (Å²) >= 11 is 1.84. The molecule has 0 amide bonds. The van der Waals surface area contributed by atoms with Crippen LogP contribution < -0.4 is 0 Å². The van der Waals surface area contributed by atoms with Crippen LogP contribution in [0.2, 0.25) is 0 Å². The second-order valence-corrected chi connectivity index (χ2v) is 6.68. The molecule has 0 aromatic rings. The lowest BCUT2D eigenvalue weighted by Crippen LogP contribution is -2.17. The zero-order valence-electron chi connectivity index (χ0n) is 8.35. The van der Waals surface area contributed by atoms with Gasteiger partial charge in [0.05, 0.1) is 6.07 Å². The molecule has 1 aliphatic carbocycles. The summed E-state index contributed by atoms with van der Waals surface area (Å²) in [5.41, 5.74) is 0. The third-order valence-electron chi connectivity index (χ3n) is 2.22. The zero-order valence-corrected chi connectivity index (χ0v) is 9.16. The van der Waals surface area contributed by atoms with Crippen molar-refractivity contribution in [2.45, 2.75) is 50.0 Å². The van der Waals surface area contributed by atoms with Crippen molar-refractivity contribution in [2.24, 2.45) is 5.92 Å². The van der Waals surface area contributed by atoms with E-state index in [2.05, 4.69) is 33.8 Å². The topological polar surface area (TPSA) is 23.8 Å². The molecule has 1 saturated carbocycles. The van der Waals surface area contributed by atoms with E-state index in [1.165, 1.54) is 0 Å². The fourth-order valence-electron chi connectivity index (χ4n) is 1.61. The van der Waals surface area contributed by atoms with Crippen LogP contribution in [0.3, 0.4) is 0 Å². The molecule has 0 aromatic heterocycles. The molecule has 1 rings (SSSR count). The standard InChI is InChI=1S/C10H17NS/c1-5-8-6-10(8,7-11)12-9(2,3)4/h8H,5-6H2,1-4H3. The highest BCUT2D eigenvalue weighted by Gasteiger charge is 2.55. The fraction of sp³-hybridized carbons (Fsp3) is 0.900. The normalized spacial score (nSPS) is 34.4. The lowest BCUT2D eigenvalue weighted by molar-refractivity contribution is 0.755. The predicted molar refractivity (Wildman–Crippen MR) is 54.1 cm³/mol. The quantitative estimate of drug-likeness (QED) is 0.656. The highest BCUT2D eigenvalue weighted by Crippen LogP contribution is 2.58. The van der Waals surface area contributed by atoms with Gasteiger partial charge in [-0.1, -0.05) is 34.1 Å². The SMILES string of the molecule is CCC1CC1(C#N)SC(C)(C)C. The van der Waals surface area contributed by atoms with Crippen LogP contribution in [0.4, 0.5) is 0 Å². The highest BCUT2D eigenvalue weighted by atomic mass is 32.2. The van der Waals surface area contributed by atoms with Crippen LogP contribution in [-0.4, -0.2) is 9.49 Å². The first-order valence-corrected chi connectivity index (χ1v) is 5.36. The molecule has 68 valence electrons. The van der Waals surface area contributed by atoms with Crippen LogP contribution in [-0.2, 0) is 0 Å². The Morgan fingerprint density at radius 2 is 2.17 bits per heavy atom. The summed E-state index contributed by atoms with van der Waals surface area (Å²) in [6.07, 6.45) is 2.25. The van der Waals surface area contributed by atoms with Gasteiger partial charge in [-0.15, -0.1) is 11.8 Å². The molecule has 0 heterocycles. The van der Waals surface area contributed by atoms with E-state index in [0.717, 1.165) is 12.8 Å². The molecule has 0 aromatic carbocycles. The molecule has 1 nitrogen and oxygen atoms in total. The van der Waals surface area contributed by atoms with Gasteiger partial charge in [0.2, 0.25) is 0 Å². The first kappa shape index (κ1) is 9.92. The van der Waals surface area contributed by atoms with E-state index in [9.17, 15) is 0 Å². The van der Waals surface area contributed by atoms with Crippen molar-refractivity contribution in [3.05, 3.63) is 0 Å². The third kappa shape index (κ3) is 1.95. The Hall–Kier alpha value is -0.160. The Morgan fingerprint density at radius 3 is 2.42 bits per heavy atom. The molecular weight excluding hydrogens is 166 g/mol. The van der Waals surface area contributed by atoms with Crippen molar-refractivity contribution in [3.8, 4) is 6.07 Å². The first-order valence-electron chi connectivity index (χ1n) is 4.55. The van der Waals surface area contributed by atoms with Gasteiger partial charge in [0.25, 0.3) is 0 Å². The van der Waals surface area contributed by atoms with Gasteiger partial charge in [0.1, 0.15) is 4.75 Å². The Labute approximate surface area is 79.5 Å². The van der Waals surface area contributed by atoms with E-state index in [4.69, 9.17) is 5.26 Å². The van der Waals surface area contributed by atoms with Crippen LogP contribution in [0.15, 0.2) is 0 Å². The number of hydrogen-bond donors (Lipinski definition) is 0. The molecule has 0 N–H and O–H groups in total. The minimum Gasteiger partial charge on any atom is -0.197 e. The highest BCUT2D eigenvalue weighted by molar-refractivity contribution is 8.02. The van der Waals surface area contributed by atoms with Crippen molar-refractivity contribution in [3.63, 3.8) is 0 Å². The zero-order chi connectivity index (χ0) is 9.41. The van der Waals surface area contributed by atoms with Crippen molar-refractivity contribution < 1.29 is 0 Å². The first-order chi connectivity index (χ1) is 5.43. The maximum atomic E-state index is 9.05. The van der Waals surface area contributed by atoms with Crippen molar-refractivity contribution >= 4 is 11.8 Å². The summed E-state index contributed by atoms with van der Waals surface area (Å²) in [6, 6.07) is 2.47. The average Bonchev–Trinajstić information content (AvgIpc) is 2.60. The maximum absolute atomic E-state index is 9.05. The molecule has 0 radical (unpaired) electrons. The van der Waals surface area contributed by atoms with Gasteiger partial charge in [0, 0.05) is 4.75 Å². The van der Waals surface area contributed by atoms with Gasteiger partial charge < -0.3 is 0 Å². The maximum Gasteiger partial charge on any atom is 0.106 e. The van der Waals surface area contributed by atoms with Gasteiger partial charge >= 0.3 is 0 Å². The second-order valence-electron chi connectivity index (χ2n) is 4.53. The molecule has 1 fully saturated rings. The number of nitriles is 1. The molecule has 0 bridgehead atoms. The number of hydrogen-bond acceptors (Lipinski definition) is 2. The van der Waals surface area contributed by atoms with Crippen molar-refractivity contribution in [1.82, 2.24) is 0 Å². The van der Waals surface area contributed by atoms with Crippen LogP contribution in [0.25, 0.3) is 0 Å². The largest absolute Gasteiger partial charge is 0.197 e. The van der Waals surface area contributed by atoms with Crippen molar-refractivity contribution in [2.75, 3.05) is 0 Å². The Morgan fingerprint density at radius 1 is 1.58 bits per heavy atom. The van der Waals surface area contributed by atoms with Gasteiger partial charge in [-0.25, -0.2) is 0 Å². The lowest BCUT2D eigenvalue weighted by Gasteiger charge is -2.21. The summed E-state index contributed by atoms with van der Waals surface area (Å²) in [5.74, 6) is 0.645. The summed E-state index contributed by atoms with van der Waals surface area (Å²) in [4.78, 5) is 0. The van der Waals surface area contributed by atoms with Gasteiger partial charge in [-0.3, -0.25) is 0 Å². The monoisotopic (exact) mass is 183 g/mol. The molecule has 0 saturated heterocycles. The number of thioether (sulfide) groups is 1. The van der Waals surface area contributed by atoms with E-state index in [1.54, 1.807) is 0 Å². The molecule has 2 atom stereocenters. The summed E-state index contributed by atoms with van der Waals surface area (Å²) < 4.78 is 0.187. The van der Waals surface area contributed by atoms with Gasteiger partial charge in [-0.05, 0) is 12.3 Å². The van der Waals surface area contributed by atoms with E-state index in [0.29, 0.717) is 5.92 Å². The molecule has 12 heavy (non-hydrogen) atoms. The molecule has 0 aliphatic heterocycles. The third-order valence-corrected chi connectivity index (χ3v) is 3.79. The minimum absolute atomic E-state index is 0.0347. The van der Waals surface area contributed by atoms with Crippen molar-refractivity contribution in [1.29, 1.82) is 5.26 Å². The molecule has 2 unspecified atom stereocenters. The van der Waals surface area contributed by atoms with Gasteiger partial charge in [0.15, 0.2) is 0 Å². The Kier molecular flexibility index (Phi) is 2.45. The number of nitrogens with zero attached hydrogens (tertiary/aromatic N) is 1. The summed E-state index contributed by atoms with van der Waals surface area (Å²) in [5, 5.41) is 9.05. The molecular formula is C10H17NS. The van der Waals surface area contributed by atoms with Crippen LogP contribution in [0.1, 0.15) is 40.5 Å². The Bertz CT molecular complexity index is 211. The molecule has 1 aliphatic rings. The summed E-state index contributed by atoms with van der Waals surface area (Å²) in [6.45, 7) is 8.72. The fourth-order valence-corrected chi connectivity index (χ4v) is 3.37. The minimum atomic E-state index is -0.0347. The van der Waals surface area contributed by atoms with Gasteiger partial charge in [-0.2, -0.15) is 5.26 Å². The van der Waals surface area contributed by atoms with Crippen LogP contribution >= 0.6 is 11.8 Å². The van der Waals surface area contributed by atoms with E-state index >= 15 is 0 Å². The smallest absolute Gasteiger partial charge is 0.106 e. The lowest BCUT2D eigenvalue weighted by atomic mass is 10.2. The summed E-state index contributed by atoms with van der Waals surface area (Å²) in [7, 11) is 0. The second kappa shape index (κ2) is 2.96.